The number of hydrogen-bond acceptors (Lipinski definition) is 3. The van der Waals surface area contributed by atoms with Crippen molar-refractivity contribution in [2.24, 2.45) is 11.5 Å². The van der Waals surface area contributed by atoms with Gasteiger partial charge in [0.15, 0.2) is 0 Å². The summed E-state index contributed by atoms with van der Waals surface area (Å²) < 4.78 is 0. The van der Waals surface area contributed by atoms with Crippen LogP contribution < -0.4 is 11.5 Å². The van der Waals surface area contributed by atoms with E-state index >= 15 is 0 Å². The quantitative estimate of drug-likeness (QED) is 0.675. The molecule has 1 aliphatic heterocycles. The number of carbonyl (C=O) groups excluding carboxylic acids is 1. The minimum Gasteiger partial charge on any atom is -0.368 e. The maximum atomic E-state index is 11.2. The van der Waals surface area contributed by atoms with Crippen LogP contribution in [0.5, 0.6) is 0 Å². The summed E-state index contributed by atoms with van der Waals surface area (Å²) in [6, 6.07) is 0.475. The Kier molecular flexibility index (Phi) is 3.89. The number of amides is 1. The molecule has 3 unspecified atom stereocenters. The molecule has 1 heterocycles. The second-order valence-corrected chi connectivity index (χ2v) is 4.21. The van der Waals surface area contributed by atoms with Gasteiger partial charge in [-0.05, 0) is 26.2 Å². The first-order chi connectivity index (χ1) is 6.56. The van der Waals surface area contributed by atoms with Crippen molar-refractivity contribution in [3.05, 3.63) is 0 Å². The minimum absolute atomic E-state index is 0.142. The zero-order valence-corrected chi connectivity index (χ0v) is 9.07. The Labute approximate surface area is 85.6 Å². The van der Waals surface area contributed by atoms with Gasteiger partial charge in [-0.2, -0.15) is 0 Å². The van der Waals surface area contributed by atoms with E-state index in [4.69, 9.17) is 11.5 Å². The standard InChI is InChI=1S/C10H21N3O/c1-3-9(10(12)14)13-6-8(11)5-4-7(13)2/h7-9H,3-6,11H2,1-2H3,(H2,12,14). The molecule has 4 N–H and O–H groups in total. The van der Waals surface area contributed by atoms with Crippen LogP contribution in [0.1, 0.15) is 33.1 Å². The van der Waals surface area contributed by atoms with Crippen molar-refractivity contribution in [2.45, 2.75) is 51.2 Å². The van der Waals surface area contributed by atoms with Crippen LogP contribution in [0.4, 0.5) is 0 Å². The second kappa shape index (κ2) is 4.75. The SMILES string of the molecule is CCC(C(N)=O)N1CC(N)CCC1C. The zero-order chi connectivity index (χ0) is 10.7. The lowest BCUT2D eigenvalue weighted by atomic mass is 9.97. The number of primary amides is 1. The molecule has 0 bridgehead atoms. The fourth-order valence-corrected chi connectivity index (χ4v) is 2.20. The highest BCUT2D eigenvalue weighted by atomic mass is 16.1. The summed E-state index contributed by atoms with van der Waals surface area (Å²) in [5, 5.41) is 0. The highest BCUT2D eigenvalue weighted by molar-refractivity contribution is 5.79. The first kappa shape index (κ1) is 11.5. The Morgan fingerprint density at radius 1 is 1.57 bits per heavy atom. The predicted octanol–water partition coefficient (Wildman–Crippen LogP) is 0.0619. The average Bonchev–Trinajstić information content (AvgIpc) is 2.11. The van der Waals surface area contributed by atoms with Gasteiger partial charge in [-0.3, -0.25) is 9.69 Å². The van der Waals surface area contributed by atoms with E-state index in [1.54, 1.807) is 0 Å². The predicted molar refractivity (Wildman–Crippen MR) is 56.7 cm³/mol. The van der Waals surface area contributed by atoms with Crippen LogP contribution in [0.15, 0.2) is 0 Å². The third-order valence-corrected chi connectivity index (χ3v) is 3.08. The average molecular weight is 199 g/mol. The number of hydrogen-bond donors (Lipinski definition) is 2. The van der Waals surface area contributed by atoms with Crippen molar-refractivity contribution in [1.29, 1.82) is 0 Å². The zero-order valence-electron chi connectivity index (χ0n) is 9.07. The van der Waals surface area contributed by atoms with Crippen molar-refractivity contribution in [1.82, 2.24) is 4.90 Å². The van der Waals surface area contributed by atoms with Gasteiger partial charge in [-0.15, -0.1) is 0 Å². The van der Waals surface area contributed by atoms with Gasteiger partial charge in [0.25, 0.3) is 0 Å². The summed E-state index contributed by atoms with van der Waals surface area (Å²) in [7, 11) is 0. The van der Waals surface area contributed by atoms with Crippen LogP contribution in [0.3, 0.4) is 0 Å². The molecule has 4 heteroatoms. The molecule has 0 aromatic carbocycles. The number of rotatable bonds is 3. The Bertz CT molecular complexity index is 208. The van der Waals surface area contributed by atoms with E-state index in [1.165, 1.54) is 0 Å². The maximum absolute atomic E-state index is 11.2. The Hall–Kier alpha value is -0.610. The molecule has 0 spiro atoms. The Balaban J connectivity index is 2.66. The first-order valence-electron chi connectivity index (χ1n) is 5.36. The third-order valence-electron chi connectivity index (χ3n) is 3.08. The molecular weight excluding hydrogens is 178 g/mol. The van der Waals surface area contributed by atoms with Crippen molar-refractivity contribution >= 4 is 5.91 Å². The van der Waals surface area contributed by atoms with Gasteiger partial charge in [0.2, 0.25) is 5.91 Å². The molecule has 1 aliphatic rings. The van der Waals surface area contributed by atoms with Gasteiger partial charge in [-0.25, -0.2) is 0 Å². The van der Waals surface area contributed by atoms with Crippen LogP contribution in [0.25, 0.3) is 0 Å². The van der Waals surface area contributed by atoms with Gasteiger partial charge in [0.05, 0.1) is 6.04 Å². The number of nitrogens with two attached hydrogens (primary N) is 2. The highest BCUT2D eigenvalue weighted by Crippen LogP contribution is 2.19. The molecular formula is C10H21N3O. The molecule has 0 aromatic heterocycles. The summed E-state index contributed by atoms with van der Waals surface area (Å²) in [5.74, 6) is -0.228. The molecule has 1 saturated heterocycles. The number of piperidine rings is 1. The smallest absolute Gasteiger partial charge is 0.234 e. The molecule has 1 fully saturated rings. The van der Waals surface area contributed by atoms with Gasteiger partial charge >= 0.3 is 0 Å². The number of likely N-dealkylation sites (tertiary alicyclic amines) is 1. The van der Waals surface area contributed by atoms with Crippen molar-refractivity contribution in [2.75, 3.05) is 6.54 Å². The van der Waals surface area contributed by atoms with Crippen LogP contribution in [0, 0.1) is 0 Å². The van der Waals surface area contributed by atoms with E-state index < -0.39 is 0 Å². The van der Waals surface area contributed by atoms with Crippen molar-refractivity contribution in [3.8, 4) is 0 Å². The number of nitrogens with zero attached hydrogens (tertiary/aromatic N) is 1. The fourth-order valence-electron chi connectivity index (χ4n) is 2.20. The first-order valence-corrected chi connectivity index (χ1v) is 5.36. The summed E-state index contributed by atoms with van der Waals surface area (Å²) in [5.41, 5.74) is 11.3. The second-order valence-electron chi connectivity index (χ2n) is 4.21. The highest BCUT2D eigenvalue weighted by Gasteiger charge is 2.30. The fraction of sp³-hybridized carbons (Fsp3) is 0.900. The van der Waals surface area contributed by atoms with E-state index in [9.17, 15) is 4.79 Å². The lowest BCUT2D eigenvalue weighted by molar-refractivity contribution is -0.124. The topological polar surface area (TPSA) is 72.4 Å². The van der Waals surface area contributed by atoms with E-state index in [0.717, 1.165) is 25.8 Å². The maximum Gasteiger partial charge on any atom is 0.234 e. The van der Waals surface area contributed by atoms with Gasteiger partial charge < -0.3 is 11.5 Å². The van der Waals surface area contributed by atoms with Crippen molar-refractivity contribution < 1.29 is 4.79 Å². The monoisotopic (exact) mass is 199 g/mol. The number of carbonyl (C=O) groups is 1. The molecule has 0 radical (unpaired) electrons. The van der Waals surface area contributed by atoms with Gasteiger partial charge in [0, 0.05) is 18.6 Å². The van der Waals surface area contributed by atoms with Crippen LogP contribution in [-0.4, -0.2) is 35.5 Å². The van der Waals surface area contributed by atoms with E-state index in [1.807, 2.05) is 6.92 Å². The molecule has 3 atom stereocenters. The summed E-state index contributed by atoms with van der Waals surface area (Å²) in [6.45, 7) is 4.92. The lowest BCUT2D eigenvalue weighted by Crippen LogP contribution is -2.55. The molecule has 0 saturated carbocycles. The molecule has 0 aliphatic carbocycles. The Morgan fingerprint density at radius 3 is 2.71 bits per heavy atom. The molecule has 4 nitrogen and oxygen atoms in total. The summed E-state index contributed by atoms with van der Waals surface area (Å²) >= 11 is 0. The lowest BCUT2D eigenvalue weighted by Gasteiger charge is -2.40. The third kappa shape index (κ3) is 2.45. The van der Waals surface area contributed by atoms with Crippen LogP contribution in [-0.2, 0) is 4.79 Å². The summed E-state index contributed by atoms with van der Waals surface area (Å²) in [6.07, 6.45) is 2.88. The normalized spacial score (nSPS) is 31.4. The molecule has 0 aromatic rings. The van der Waals surface area contributed by atoms with Crippen molar-refractivity contribution in [3.63, 3.8) is 0 Å². The van der Waals surface area contributed by atoms with Gasteiger partial charge in [-0.1, -0.05) is 6.92 Å². The molecule has 82 valence electrons. The largest absolute Gasteiger partial charge is 0.368 e. The Morgan fingerprint density at radius 2 is 2.21 bits per heavy atom. The summed E-state index contributed by atoms with van der Waals surface area (Å²) in [4.78, 5) is 13.4. The van der Waals surface area contributed by atoms with E-state index in [2.05, 4.69) is 11.8 Å². The van der Waals surface area contributed by atoms with Crippen LogP contribution >= 0.6 is 0 Å². The van der Waals surface area contributed by atoms with Gasteiger partial charge in [0.1, 0.15) is 0 Å². The van der Waals surface area contributed by atoms with E-state index in [0.29, 0.717) is 6.04 Å². The van der Waals surface area contributed by atoms with Crippen LogP contribution in [0.2, 0.25) is 0 Å². The minimum atomic E-state index is -0.228. The molecule has 14 heavy (non-hydrogen) atoms. The molecule has 1 rings (SSSR count). The molecule has 1 amide bonds. The van der Waals surface area contributed by atoms with E-state index in [-0.39, 0.29) is 18.0 Å².